The van der Waals surface area contributed by atoms with Crippen LogP contribution in [-0.2, 0) is 4.74 Å². The molecule has 3 nitrogen and oxygen atoms in total. The first-order valence-corrected chi connectivity index (χ1v) is 6.47. The Hall–Kier alpha value is -1.71. The number of Topliss-reactive ketones (excluding diaryl/α,β-unsaturated/α-hetero) is 1. The van der Waals surface area contributed by atoms with Crippen LogP contribution in [0.1, 0.15) is 23.2 Å². The lowest BCUT2D eigenvalue weighted by molar-refractivity contribution is 0.0967. The zero-order chi connectivity index (χ0) is 13.7. The van der Waals surface area contributed by atoms with E-state index in [2.05, 4.69) is 0 Å². The molecule has 0 aliphatic carbocycles. The zero-order valence-corrected chi connectivity index (χ0v) is 11.1. The first-order chi connectivity index (χ1) is 9.20. The molecular formula is C16H19NO2. The summed E-state index contributed by atoms with van der Waals surface area (Å²) in [4.78, 5) is 12.1. The Morgan fingerprint density at radius 2 is 1.95 bits per heavy atom. The van der Waals surface area contributed by atoms with Gasteiger partial charge in [-0.05, 0) is 23.3 Å². The molecule has 0 aromatic heterocycles. The summed E-state index contributed by atoms with van der Waals surface area (Å²) in [7, 11) is 1.64. The van der Waals surface area contributed by atoms with Crippen molar-refractivity contribution in [2.75, 3.05) is 13.7 Å². The monoisotopic (exact) mass is 257 g/mol. The molecule has 0 saturated heterocycles. The van der Waals surface area contributed by atoms with Gasteiger partial charge in [0.25, 0.3) is 0 Å². The third kappa shape index (κ3) is 3.63. The Morgan fingerprint density at radius 1 is 1.21 bits per heavy atom. The molecule has 2 N–H and O–H groups in total. The van der Waals surface area contributed by atoms with Gasteiger partial charge in [0, 0.05) is 31.7 Å². The predicted molar refractivity (Wildman–Crippen MR) is 77.4 cm³/mol. The van der Waals surface area contributed by atoms with Crippen LogP contribution in [0.4, 0.5) is 0 Å². The molecule has 2 aromatic rings. The Bertz CT molecular complexity index is 565. The van der Waals surface area contributed by atoms with Crippen LogP contribution in [0.2, 0.25) is 0 Å². The molecule has 0 amide bonds. The van der Waals surface area contributed by atoms with Crippen LogP contribution in [0, 0.1) is 0 Å². The fraction of sp³-hybridized carbons (Fsp3) is 0.312. The number of ketones is 1. The molecule has 100 valence electrons. The molecule has 2 rings (SSSR count). The summed E-state index contributed by atoms with van der Waals surface area (Å²) in [5, 5.41) is 2.22. The number of benzene rings is 2. The summed E-state index contributed by atoms with van der Waals surface area (Å²) in [6, 6.07) is 13.6. The molecule has 0 radical (unpaired) electrons. The minimum Gasteiger partial charge on any atom is -0.385 e. The number of rotatable bonds is 6. The highest BCUT2D eigenvalue weighted by Gasteiger charge is 2.11. The molecule has 0 aliphatic heterocycles. The van der Waals surface area contributed by atoms with Crippen molar-refractivity contribution < 1.29 is 9.53 Å². The number of ether oxygens (including phenoxy) is 1. The van der Waals surface area contributed by atoms with Crippen molar-refractivity contribution in [3.05, 3.63) is 48.0 Å². The van der Waals surface area contributed by atoms with Gasteiger partial charge in [0.1, 0.15) is 0 Å². The smallest absolute Gasteiger partial charge is 0.164 e. The molecule has 0 saturated carbocycles. The molecule has 19 heavy (non-hydrogen) atoms. The van der Waals surface area contributed by atoms with E-state index >= 15 is 0 Å². The lowest BCUT2D eigenvalue weighted by Gasteiger charge is -2.10. The van der Waals surface area contributed by atoms with E-state index in [1.807, 2.05) is 42.5 Å². The summed E-state index contributed by atoms with van der Waals surface area (Å²) in [6.45, 7) is 0.589. The van der Waals surface area contributed by atoms with Crippen LogP contribution in [-0.4, -0.2) is 25.5 Å². The molecule has 0 bridgehead atoms. The molecule has 1 unspecified atom stereocenters. The van der Waals surface area contributed by atoms with Gasteiger partial charge in [0.15, 0.2) is 5.78 Å². The van der Waals surface area contributed by atoms with Crippen molar-refractivity contribution in [3.8, 4) is 0 Å². The molecule has 3 heteroatoms. The van der Waals surface area contributed by atoms with Gasteiger partial charge in [-0.3, -0.25) is 4.79 Å². The largest absolute Gasteiger partial charge is 0.385 e. The second-order valence-electron chi connectivity index (χ2n) is 4.73. The molecule has 0 heterocycles. The van der Waals surface area contributed by atoms with E-state index in [4.69, 9.17) is 10.5 Å². The quantitative estimate of drug-likeness (QED) is 0.810. The van der Waals surface area contributed by atoms with Gasteiger partial charge in [-0.1, -0.05) is 36.4 Å². The molecule has 2 aromatic carbocycles. The fourth-order valence-corrected chi connectivity index (χ4v) is 2.09. The van der Waals surface area contributed by atoms with Crippen molar-refractivity contribution in [1.29, 1.82) is 0 Å². The Labute approximate surface area is 113 Å². The van der Waals surface area contributed by atoms with Crippen LogP contribution >= 0.6 is 0 Å². The van der Waals surface area contributed by atoms with Gasteiger partial charge in [-0.25, -0.2) is 0 Å². The fourth-order valence-electron chi connectivity index (χ4n) is 2.09. The SMILES string of the molecule is COCCC(N)CC(=O)c1ccc2ccccc2c1. The Morgan fingerprint density at radius 3 is 2.68 bits per heavy atom. The van der Waals surface area contributed by atoms with Crippen molar-refractivity contribution in [1.82, 2.24) is 0 Å². The van der Waals surface area contributed by atoms with E-state index in [0.29, 0.717) is 19.4 Å². The van der Waals surface area contributed by atoms with E-state index in [0.717, 1.165) is 16.3 Å². The maximum Gasteiger partial charge on any atom is 0.164 e. The number of fused-ring (bicyclic) bond motifs is 1. The number of hydrogen-bond donors (Lipinski definition) is 1. The minimum absolute atomic E-state index is 0.0920. The van der Waals surface area contributed by atoms with Crippen molar-refractivity contribution in [2.24, 2.45) is 5.73 Å². The Kier molecular flexibility index (Phi) is 4.66. The van der Waals surface area contributed by atoms with Crippen molar-refractivity contribution in [2.45, 2.75) is 18.9 Å². The number of carbonyl (C=O) groups is 1. The highest BCUT2D eigenvalue weighted by molar-refractivity contribution is 6.00. The van der Waals surface area contributed by atoms with E-state index in [1.54, 1.807) is 7.11 Å². The van der Waals surface area contributed by atoms with Gasteiger partial charge in [-0.15, -0.1) is 0 Å². The number of carbonyl (C=O) groups excluding carboxylic acids is 1. The van der Waals surface area contributed by atoms with Gasteiger partial charge in [-0.2, -0.15) is 0 Å². The van der Waals surface area contributed by atoms with Gasteiger partial charge < -0.3 is 10.5 Å². The molecule has 0 aliphatic rings. The number of hydrogen-bond acceptors (Lipinski definition) is 3. The van der Waals surface area contributed by atoms with E-state index in [-0.39, 0.29) is 11.8 Å². The van der Waals surface area contributed by atoms with Crippen LogP contribution < -0.4 is 5.73 Å². The lowest BCUT2D eigenvalue weighted by Crippen LogP contribution is -2.25. The summed E-state index contributed by atoms with van der Waals surface area (Å²) < 4.78 is 4.97. The van der Waals surface area contributed by atoms with Crippen molar-refractivity contribution in [3.63, 3.8) is 0 Å². The highest BCUT2D eigenvalue weighted by atomic mass is 16.5. The van der Waals surface area contributed by atoms with Crippen LogP contribution in [0.15, 0.2) is 42.5 Å². The van der Waals surface area contributed by atoms with E-state index in [1.165, 1.54) is 0 Å². The molecule has 0 spiro atoms. The average molecular weight is 257 g/mol. The van der Waals surface area contributed by atoms with E-state index in [9.17, 15) is 4.79 Å². The molecule has 1 atom stereocenters. The summed E-state index contributed by atoms with van der Waals surface area (Å²) >= 11 is 0. The summed E-state index contributed by atoms with van der Waals surface area (Å²) in [6.07, 6.45) is 1.07. The minimum atomic E-state index is -0.140. The predicted octanol–water partition coefficient (Wildman–Crippen LogP) is 2.78. The first kappa shape index (κ1) is 13.7. The lowest BCUT2D eigenvalue weighted by atomic mass is 9.99. The van der Waals surface area contributed by atoms with Crippen LogP contribution in [0.5, 0.6) is 0 Å². The van der Waals surface area contributed by atoms with Gasteiger partial charge in [0.2, 0.25) is 0 Å². The average Bonchev–Trinajstić information content (AvgIpc) is 2.44. The number of nitrogens with two attached hydrogens (primary N) is 1. The Balaban J connectivity index is 2.08. The second-order valence-corrected chi connectivity index (χ2v) is 4.73. The molecule has 0 fully saturated rings. The third-order valence-corrected chi connectivity index (χ3v) is 3.21. The maximum atomic E-state index is 12.1. The summed E-state index contributed by atoms with van der Waals surface area (Å²) in [5.74, 6) is 0.0920. The topological polar surface area (TPSA) is 52.3 Å². The zero-order valence-electron chi connectivity index (χ0n) is 11.1. The van der Waals surface area contributed by atoms with Crippen LogP contribution in [0.3, 0.4) is 0 Å². The third-order valence-electron chi connectivity index (χ3n) is 3.21. The standard InChI is InChI=1S/C16H19NO2/c1-19-9-8-15(17)11-16(18)14-7-6-12-4-2-3-5-13(12)10-14/h2-7,10,15H,8-9,11,17H2,1H3. The summed E-state index contributed by atoms with van der Waals surface area (Å²) in [5.41, 5.74) is 6.64. The first-order valence-electron chi connectivity index (χ1n) is 6.47. The maximum absolute atomic E-state index is 12.1. The number of methoxy groups -OCH3 is 1. The highest BCUT2D eigenvalue weighted by Crippen LogP contribution is 2.17. The van der Waals surface area contributed by atoms with Gasteiger partial charge >= 0.3 is 0 Å². The van der Waals surface area contributed by atoms with Crippen molar-refractivity contribution >= 4 is 16.6 Å². The van der Waals surface area contributed by atoms with E-state index < -0.39 is 0 Å². The second kappa shape index (κ2) is 6.45. The molecular weight excluding hydrogens is 238 g/mol. The van der Waals surface area contributed by atoms with Gasteiger partial charge in [0.05, 0.1) is 0 Å². The normalized spacial score (nSPS) is 12.5. The van der Waals surface area contributed by atoms with Crippen LogP contribution in [0.25, 0.3) is 10.8 Å².